The first-order valence-corrected chi connectivity index (χ1v) is 14.1. The number of aliphatic hydroxyl groups excluding tert-OH is 1. The number of hydrogen-bond donors (Lipinski definition) is 2. The number of fused-ring (bicyclic) bond motifs is 1. The van der Waals surface area contributed by atoms with E-state index in [0.717, 1.165) is 0 Å². The minimum Gasteiger partial charge on any atom is -0.487 e. The zero-order valence-electron chi connectivity index (χ0n) is 22.4. The first-order valence-electron chi connectivity index (χ1n) is 12.6. The number of likely N-dealkylation sites (N-methyl/N-ethyl adjacent to an activating group) is 1. The Morgan fingerprint density at radius 2 is 1.97 bits per heavy atom. The third-order valence-corrected chi connectivity index (χ3v) is 8.35. The van der Waals surface area contributed by atoms with Crippen molar-refractivity contribution in [1.29, 1.82) is 0 Å². The number of urea groups is 1. The number of halogens is 1. The maximum absolute atomic E-state index is 14.0. The van der Waals surface area contributed by atoms with E-state index in [9.17, 15) is 22.7 Å². The van der Waals surface area contributed by atoms with Crippen molar-refractivity contribution in [3.63, 3.8) is 0 Å². The van der Waals surface area contributed by atoms with E-state index in [1.54, 1.807) is 32.2 Å². The van der Waals surface area contributed by atoms with Crippen LogP contribution in [0.2, 0.25) is 0 Å². The molecule has 1 aliphatic heterocycles. The van der Waals surface area contributed by atoms with Crippen LogP contribution in [0, 0.1) is 29.5 Å². The first kappa shape index (κ1) is 29.4. The Hall–Kier alpha value is -3.13. The van der Waals surface area contributed by atoms with E-state index in [4.69, 9.17) is 4.74 Å². The Kier molecular flexibility index (Phi) is 9.77. The molecule has 38 heavy (non-hydrogen) atoms. The zero-order chi connectivity index (χ0) is 28.0. The lowest BCUT2D eigenvalue weighted by Crippen LogP contribution is -2.50. The van der Waals surface area contributed by atoms with Crippen molar-refractivity contribution in [2.45, 2.75) is 51.2 Å². The van der Waals surface area contributed by atoms with E-state index in [1.165, 1.54) is 33.5 Å². The molecule has 2 aromatic carbocycles. The molecule has 0 radical (unpaired) electrons. The SMILES string of the molecule is CC(C)CC#Cc1ccc2c(c1)O[C@H](CN(C)C(=O)Nc1ccccc1F)[C@H](C)CN([C@@H](C)CO)S2(=O)=O. The summed E-state index contributed by atoms with van der Waals surface area (Å²) in [6, 6.07) is 9.40. The van der Waals surface area contributed by atoms with Gasteiger partial charge in [0, 0.05) is 37.5 Å². The summed E-state index contributed by atoms with van der Waals surface area (Å²) in [5.41, 5.74) is 0.666. The average Bonchev–Trinajstić information content (AvgIpc) is 2.86. The normalized spacial score (nSPS) is 19.7. The van der Waals surface area contributed by atoms with E-state index >= 15 is 0 Å². The number of hydrogen-bond acceptors (Lipinski definition) is 5. The van der Waals surface area contributed by atoms with Crippen LogP contribution in [0.3, 0.4) is 0 Å². The fourth-order valence-electron chi connectivity index (χ4n) is 4.00. The number of sulfonamides is 1. The molecule has 0 unspecified atom stereocenters. The lowest BCUT2D eigenvalue weighted by Gasteiger charge is -2.37. The topological polar surface area (TPSA) is 99.2 Å². The third kappa shape index (κ3) is 7.04. The maximum atomic E-state index is 14.0. The quantitative estimate of drug-likeness (QED) is 0.532. The Bertz CT molecular complexity index is 1310. The molecule has 10 heteroatoms. The van der Waals surface area contributed by atoms with Crippen LogP contribution in [-0.4, -0.2) is 67.7 Å². The molecule has 1 aliphatic rings. The largest absolute Gasteiger partial charge is 0.487 e. The van der Waals surface area contributed by atoms with Gasteiger partial charge < -0.3 is 20.1 Å². The number of ether oxygens (including phenoxy) is 1. The molecular weight excluding hydrogens is 509 g/mol. The van der Waals surface area contributed by atoms with Gasteiger partial charge in [0.2, 0.25) is 10.0 Å². The highest BCUT2D eigenvalue weighted by molar-refractivity contribution is 7.89. The highest BCUT2D eigenvalue weighted by atomic mass is 32.2. The van der Waals surface area contributed by atoms with Crippen molar-refractivity contribution < 1.29 is 27.4 Å². The summed E-state index contributed by atoms with van der Waals surface area (Å²) in [6.45, 7) is 7.42. The third-order valence-electron chi connectivity index (χ3n) is 6.33. The number of para-hydroxylation sites is 1. The zero-order valence-corrected chi connectivity index (χ0v) is 23.3. The van der Waals surface area contributed by atoms with Crippen molar-refractivity contribution in [2.24, 2.45) is 11.8 Å². The van der Waals surface area contributed by atoms with Crippen molar-refractivity contribution in [1.82, 2.24) is 9.21 Å². The molecule has 0 saturated heterocycles. The number of aliphatic hydroxyl groups is 1. The lowest BCUT2D eigenvalue weighted by atomic mass is 10.0. The fourth-order valence-corrected chi connectivity index (χ4v) is 5.83. The van der Waals surface area contributed by atoms with Gasteiger partial charge in [0.1, 0.15) is 22.6 Å². The van der Waals surface area contributed by atoms with E-state index in [2.05, 4.69) is 31.0 Å². The summed E-state index contributed by atoms with van der Waals surface area (Å²) >= 11 is 0. The van der Waals surface area contributed by atoms with Crippen molar-refractivity contribution in [2.75, 3.05) is 32.1 Å². The van der Waals surface area contributed by atoms with Gasteiger partial charge in [0.05, 0.1) is 18.8 Å². The summed E-state index contributed by atoms with van der Waals surface area (Å²) in [6.07, 6.45) is 0.0902. The Morgan fingerprint density at radius 1 is 1.26 bits per heavy atom. The number of anilines is 1. The van der Waals surface area contributed by atoms with Gasteiger partial charge in [-0.1, -0.05) is 44.7 Å². The minimum absolute atomic E-state index is 0.0254. The molecule has 0 spiro atoms. The second-order valence-electron chi connectivity index (χ2n) is 10.1. The summed E-state index contributed by atoms with van der Waals surface area (Å²) < 4.78 is 48.8. The predicted molar refractivity (Wildman–Crippen MR) is 145 cm³/mol. The van der Waals surface area contributed by atoms with Crippen LogP contribution >= 0.6 is 0 Å². The number of benzene rings is 2. The van der Waals surface area contributed by atoms with Gasteiger partial charge in [-0.3, -0.25) is 0 Å². The summed E-state index contributed by atoms with van der Waals surface area (Å²) in [5.74, 6) is 5.79. The molecule has 3 atom stereocenters. The molecule has 2 aromatic rings. The van der Waals surface area contributed by atoms with Gasteiger partial charge in [0.25, 0.3) is 0 Å². The van der Waals surface area contributed by atoms with Crippen LogP contribution in [0.4, 0.5) is 14.9 Å². The van der Waals surface area contributed by atoms with Crippen molar-refractivity contribution >= 4 is 21.7 Å². The molecular formula is C28H36FN3O5S. The second-order valence-corrected chi connectivity index (χ2v) is 12.0. The second kappa shape index (κ2) is 12.6. The average molecular weight is 546 g/mol. The van der Waals surface area contributed by atoms with Gasteiger partial charge in [0.15, 0.2) is 0 Å². The number of nitrogens with one attached hydrogen (secondary N) is 1. The van der Waals surface area contributed by atoms with E-state index in [-0.39, 0.29) is 41.9 Å². The number of nitrogens with zero attached hydrogens (tertiary/aromatic N) is 2. The van der Waals surface area contributed by atoms with E-state index in [1.807, 2.05) is 6.92 Å². The fraction of sp³-hybridized carbons (Fsp3) is 0.464. The highest BCUT2D eigenvalue weighted by Crippen LogP contribution is 2.34. The predicted octanol–water partition coefficient (Wildman–Crippen LogP) is 4.16. The first-order chi connectivity index (χ1) is 17.9. The maximum Gasteiger partial charge on any atom is 0.321 e. The van der Waals surface area contributed by atoms with Crippen LogP contribution in [0.25, 0.3) is 0 Å². The summed E-state index contributed by atoms with van der Waals surface area (Å²) in [5, 5.41) is 12.4. The van der Waals surface area contributed by atoms with Crippen LogP contribution in [-0.2, 0) is 10.0 Å². The summed E-state index contributed by atoms with van der Waals surface area (Å²) in [4.78, 5) is 14.2. The molecule has 2 amide bonds. The van der Waals surface area contributed by atoms with Gasteiger partial charge >= 0.3 is 6.03 Å². The minimum atomic E-state index is -3.99. The molecule has 1 heterocycles. The molecule has 2 N–H and O–H groups in total. The number of carbonyl (C=O) groups is 1. The summed E-state index contributed by atoms with van der Waals surface area (Å²) in [7, 11) is -2.43. The van der Waals surface area contributed by atoms with Crippen LogP contribution < -0.4 is 10.1 Å². The van der Waals surface area contributed by atoms with Gasteiger partial charge in [-0.05, 0) is 43.2 Å². The van der Waals surface area contributed by atoms with Crippen LogP contribution in [0.5, 0.6) is 5.75 Å². The molecule has 0 aromatic heterocycles. The molecule has 0 aliphatic carbocycles. The molecule has 8 nitrogen and oxygen atoms in total. The van der Waals surface area contributed by atoms with Crippen molar-refractivity contribution in [3.8, 4) is 17.6 Å². The van der Waals surface area contributed by atoms with Gasteiger partial charge in [-0.25, -0.2) is 17.6 Å². The Balaban J connectivity index is 1.95. The van der Waals surface area contributed by atoms with Gasteiger partial charge in [-0.15, -0.1) is 0 Å². The molecule has 0 bridgehead atoms. The van der Waals surface area contributed by atoms with Crippen LogP contribution in [0.15, 0.2) is 47.4 Å². The highest BCUT2D eigenvalue weighted by Gasteiger charge is 2.38. The monoisotopic (exact) mass is 545 g/mol. The number of rotatable bonds is 6. The Morgan fingerprint density at radius 3 is 2.63 bits per heavy atom. The van der Waals surface area contributed by atoms with E-state index < -0.39 is 34.0 Å². The van der Waals surface area contributed by atoms with Gasteiger partial charge in [-0.2, -0.15) is 4.31 Å². The molecule has 0 saturated carbocycles. The molecule has 3 rings (SSSR count). The van der Waals surface area contributed by atoms with Crippen LogP contribution in [0.1, 0.15) is 39.7 Å². The lowest BCUT2D eigenvalue weighted by molar-refractivity contribution is 0.0830. The Labute approximate surface area is 224 Å². The standard InChI is InChI=1S/C28H36FN3O5S/c1-19(2)9-8-10-22-13-14-27-25(15-22)37-26(20(3)16-32(21(4)18-33)38(27,35)36)17-31(5)28(34)30-24-12-7-6-11-23(24)29/h6-7,11-15,19-21,26,33H,9,16-18H2,1-5H3,(H,30,34)/t20-,21+,26-/m1/s1. The van der Waals surface area contributed by atoms with Crippen molar-refractivity contribution in [3.05, 3.63) is 53.8 Å². The smallest absolute Gasteiger partial charge is 0.321 e. The molecule has 206 valence electrons. The number of carbonyl (C=O) groups excluding carboxylic acids is 1. The molecule has 0 fully saturated rings. The number of amides is 2. The van der Waals surface area contributed by atoms with E-state index in [0.29, 0.717) is 17.9 Å².